The van der Waals surface area contributed by atoms with Gasteiger partial charge in [0.25, 0.3) is 0 Å². The molecule has 0 unspecified atom stereocenters. The zero-order valence-corrected chi connectivity index (χ0v) is 15.6. The minimum atomic E-state index is -4.62. The summed E-state index contributed by atoms with van der Waals surface area (Å²) in [7, 11) is 1.47. The summed E-state index contributed by atoms with van der Waals surface area (Å²) >= 11 is 5.57. The molecule has 1 aromatic heterocycles. The summed E-state index contributed by atoms with van der Waals surface area (Å²) in [6, 6.07) is 8.15. The summed E-state index contributed by atoms with van der Waals surface area (Å²) in [6.07, 6.45) is -3.21. The standard InChI is InChI=1S/C17H14ClF3N6O2/c1-29-15-7-10(3-5-14(15)27-9-23-25-26-27)22-8-16(28)24-11-2-4-13(18)12(6-11)17(19,20)21/h2-7,9,22H,8H2,1H3,(H,24,28). The molecule has 152 valence electrons. The van der Waals surface area contributed by atoms with Crippen molar-refractivity contribution in [2.75, 3.05) is 24.3 Å². The SMILES string of the molecule is COc1cc(NCC(=O)Nc2ccc(Cl)c(C(F)(F)F)c2)ccc1-n1cnnn1. The van der Waals surface area contributed by atoms with Crippen LogP contribution in [0.5, 0.6) is 5.75 Å². The van der Waals surface area contributed by atoms with Crippen LogP contribution >= 0.6 is 11.6 Å². The number of anilines is 2. The first-order valence-electron chi connectivity index (χ1n) is 8.10. The van der Waals surface area contributed by atoms with Crippen LogP contribution in [0.25, 0.3) is 5.69 Å². The first kappa shape index (κ1) is 20.4. The average molecular weight is 427 g/mol. The number of hydrogen-bond acceptors (Lipinski definition) is 6. The van der Waals surface area contributed by atoms with E-state index in [0.29, 0.717) is 17.1 Å². The number of ether oxygens (including phenoxy) is 1. The second kappa shape index (κ2) is 8.35. The molecule has 2 N–H and O–H groups in total. The number of hydrogen-bond donors (Lipinski definition) is 2. The van der Waals surface area contributed by atoms with Crippen LogP contribution in [-0.2, 0) is 11.0 Å². The highest BCUT2D eigenvalue weighted by molar-refractivity contribution is 6.31. The number of alkyl halides is 3. The van der Waals surface area contributed by atoms with Crippen molar-refractivity contribution in [3.05, 3.63) is 53.3 Å². The Hall–Kier alpha value is -3.34. The summed E-state index contributed by atoms with van der Waals surface area (Å²) in [4.78, 5) is 12.1. The molecule has 1 amide bonds. The van der Waals surface area contributed by atoms with Crippen molar-refractivity contribution >= 4 is 28.9 Å². The molecule has 1 heterocycles. The van der Waals surface area contributed by atoms with E-state index in [0.717, 1.165) is 12.1 Å². The van der Waals surface area contributed by atoms with E-state index in [-0.39, 0.29) is 12.2 Å². The number of halogens is 4. The van der Waals surface area contributed by atoms with Crippen LogP contribution in [0.4, 0.5) is 24.5 Å². The second-order valence-electron chi connectivity index (χ2n) is 5.74. The Morgan fingerprint density at radius 1 is 1.21 bits per heavy atom. The van der Waals surface area contributed by atoms with Gasteiger partial charge in [0.15, 0.2) is 0 Å². The molecular formula is C17H14ClF3N6O2. The van der Waals surface area contributed by atoms with Crippen molar-refractivity contribution in [1.82, 2.24) is 20.2 Å². The van der Waals surface area contributed by atoms with Crippen LogP contribution in [0.3, 0.4) is 0 Å². The summed E-state index contributed by atoms with van der Waals surface area (Å²) in [5, 5.41) is 15.7. The van der Waals surface area contributed by atoms with Crippen molar-refractivity contribution in [2.45, 2.75) is 6.18 Å². The molecule has 0 fully saturated rings. The number of benzene rings is 2. The van der Waals surface area contributed by atoms with Crippen LogP contribution in [0.15, 0.2) is 42.7 Å². The van der Waals surface area contributed by atoms with Gasteiger partial charge in [-0.15, -0.1) is 5.10 Å². The molecule has 0 bridgehead atoms. The molecular weight excluding hydrogens is 413 g/mol. The fourth-order valence-electron chi connectivity index (χ4n) is 2.46. The van der Waals surface area contributed by atoms with Gasteiger partial charge in [0.1, 0.15) is 17.8 Å². The highest BCUT2D eigenvalue weighted by Crippen LogP contribution is 2.36. The highest BCUT2D eigenvalue weighted by atomic mass is 35.5. The number of rotatable bonds is 6. The van der Waals surface area contributed by atoms with E-state index >= 15 is 0 Å². The minimum absolute atomic E-state index is 0.0138. The van der Waals surface area contributed by atoms with Gasteiger partial charge >= 0.3 is 6.18 Å². The van der Waals surface area contributed by atoms with E-state index in [1.54, 1.807) is 18.2 Å². The number of carbonyl (C=O) groups is 1. The maximum absolute atomic E-state index is 12.9. The molecule has 29 heavy (non-hydrogen) atoms. The van der Waals surface area contributed by atoms with Gasteiger partial charge in [-0.2, -0.15) is 17.9 Å². The normalized spacial score (nSPS) is 11.2. The molecule has 0 spiro atoms. The average Bonchev–Trinajstić information content (AvgIpc) is 3.21. The van der Waals surface area contributed by atoms with Gasteiger partial charge < -0.3 is 15.4 Å². The third-order valence-electron chi connectivity index (χ3n) is 3.78. The lowest BCUT2D eigenvalue weighted by atomic mass is 10.2. The fraction of sp³-hybridized carbons (Fsp3) is 0.176. The van der Waals surface area contributed by atoms with Crippen molar-refractivity contribution in [3.8, 4) is 11.4 Å². The molecule has 12 heteroatoms. The Morgan fingerprint density at radius 3 is 2.62 bits per heavy atom. The molecule has 0 aliphatic rings. The molecule has 0 saturated carbocycles. The first-order valence-corrected chi connectivity index (χ1v) is 8.47. The molecule has 0 saturated heterocycles. The number of nitrogens with one attached hydrogen (secondary N) is 2. The van der Waals surface area contributed by atoms with Gasteiger partial charge in [-0.05, 0) is 40.8 Å². The highest BCUT2D eigenvalue weighted by Gasteiger charge is 2.33. The van der Waals surface area contributed by atoms with Crippen LogP contribution in [0, 0.1) is 0 Å². The Labute approximate surface area is 167 Å². The lowest BCUT2D eigenvalue weighted by Gasteiger charge is -2.13. The summed E-state index contributed by atoms with van der Waals surface area (Å²) in [6.45, 7) is -0.183. The van der Waals surface area contributed by atoms with Gasteiger partial charge in [-0.25, -0.2) is 0 Å². The molecule has 8 nitrogen and oxygen atoms in total. The molecule has 0 aliphatic carbocycles. The lowest BCUT2D eigenvalue weighted by molar-refractivity contribution is -0.137. The Bertz CT molecular complexity index is 1010. The van der Waals surface area contributed by atoms with Crippen molar-refractivity contribution in [2.24, 2.45) is 0 Å². The molecule has 0 aliphatic heterocycles. The number of tetrazole rings is 1. The monoisotopic (exact) mass is 426 g/mol. The summed E-state index contributed by atoms with van der Waals surface area (Å²) < 4.78 is 45.4. The largest absolute Gasteiger partial charge is 0.494 e. The second-order valence-corrected chi connectivity index (χ2v) is 6.14. The predicted octanol–water partition coefficient (Wildman–Crippen LogP) is 3.39. The maximum atomic E-state index is 12.9. The third kappa shape index (κ3) is 4.93. The fourth-order valence-corrected chi connectivity index (χ4v) is 2.68. The third-order valence-corrected chi connectivity index (χ3v) is 4.11. The number of carbonyl (C=O) groups excluding carboxylic acids is 1. The van der Waals surface area contributed by atoms with Gasteiger partial charge in [-0.3, -0.25) is 4.79 Å². The van der Waals surface area contributed by atoms with Gasteiger partial charge in [0.05, 0.1) is 24.2 Å². The maximum Gasteiger partial charge on any atom is 0.417 e. The Kier molecular flexibility index (Phi) is 5.87. The lowest BCUT2D eigenvalue weighted by Crippen LogP contribution is -2.22. The molecule has 2 aromatic carbocycles. The Balaban J connectivity index is 1.65. The molecule has 3 aromatic rings. The summed E-state index contributed by atoms with van der Waals surface area (Å²) in [5.74, 6) is -0.0841. The van der Waals surface area contributed by atoms with Crippen molar-refractivity contribution in [1.29, 1.82) is 0 Å². The zero-order valence-electron chi connectivity index (χ0n) is 14.9. The van der Waals surface area contributed by atoms with Gasteiger partial charge in [-0.1, -0.05) is 11.6 Å². The Morgan fingerprint density at radius 2 is 1.97 bits per heavy atom. The van der Waals surface area contributed by atoms with Crippen LogP contribution in [-0.4, -0.2) is 39.8 Å². The smallest absolute Gasteiger partial charge is 0.417 e. The predicted molar refractivity (Wildman–Crippen MR) is 99.3 cm³/mol. The number of nitrogens with zero attached hydrogens (tertiary/aromatic N) is 4. The van der Waals surface area contributed by atoms with Crippen molar-refractivity contribution < 1.29 is 22.7 Å². The number of methoxy groups -OCH3 is 1. The molecule has 0 atom stereocenters. The number of aromatic nitrogens is 4. The quantitative estimate of drug-likeness (QED) is 0.627. The first-order chi connectivity index (χ1) is 13.8. The van der Waals surface area contributed by atoms with Crippen LogP contribution < -0.4 is 15.4 Å². The van der Waals surface area contributed by atoms with E-state index in [1.165, 1.54) is 24.2 Å². The summed E-state index contributed by atoms with van der Waals surface area (Å²) in [5.41, 5.74) is 0.113. The van der Waals surface area contributed by atoms with E-state index in [4.69, 9.17) is 16.3 Å². The van der Waals surface area contributed by atoms with Crippen LogP contribution in [0.1, 0.15) is 5.56 Å². The van der Waals surface area contributed by atoms with E-state index in [1.807, 2.05) is 0 Å². The van der Waals surface area contributed by atoms with E-state index in [2.05, 4.69) is 26.2 Å². The number of amides is 1. The van der Waals surface area contributed by atoms with Crippen molar-refractivity contribution in [3.63, 3.8) is 0 Å². The van der Waals surface area contributed by atoms with E-state index in [9.17, 15) is 18.0 Å². The minimum Gasteiger partial charge on any atom is -0.494 e. The molecule has 3 rings (SSSR count). The zero-order chi connectivity index (χ0) is 21.0. The van der Waals surface area contributed by atoms with E-state index < -0.39 is 22.7 Å². The topological polar surface area (TPSA) is 94.0 Å². The molecule has 0 radical (unpaired) electrons. The van der Waals surface area contributed by atoms with Gasteiger partial charge in [0, 0.05) is 17.4 Å². The van der Waals surface area contributed by atoms with Gasteiger partial charge in [0.2, 0.25) is 5.91 Å². The van der Waals surface area contributed by atoms with Crippen LogP contribution in [0.2, 0.25) is 5.02 Å².